The smallest absolute Gasteiger partial charge is 0.144 e. The van der Waals surface area contributed by atoms with Gasteiger partial charge >= 0.3 is 0 Å². The van der Waals surface area contributed by atoms with Gasteiger partial charge in [-0.2, -0.15) is 0 Å². The molecule has 0 atom stereocenters. The average molecular weight is 276 g/mol. The molecule has 0 N–H and O–H groups in total. The van der Waals surface area contributed by atoms with Crippen LogP contribution in [0.5, 0.6) is 5.75 Å². The van der Waals surface area contributed by atoms with Crippen molar-refractivity contribution in [3.63, 3.8) is 0 Å². The topological polar surface area (TPSA) is 26.3 Å². The molecule has 4 heteroatoms. The van der Waals surface area contributed by atoms with E-state index in [0.29, 0.717) is 11.3 Å². The largest absolute Gasteiger partial charge is 0.496 e. The van der Waals surface area contributed by atoms with Crippen molar-refractivity contribution in [2.45, 2.75) is 0 Å². The van der Waals surface area contributed by atoms with E-state index in [1.807, 2.05) is 0 Å². The van der Waals surface area contributed by atoms with Gasteiger partial charge in [-0.3, -0.25) is 4.79 Å². The minimum atomic E-state index is 0.406. The van der Waals surface area contributed by atoms with E-state index in [0.717, 1.165) is 15.8 Å². The van der Waals surface area contributed by atoms with Crippen molar-refractivity contribution in [3.05, 3.63) is 34.3 Å². The van der Waals surface area contributed by atoms with Gasteiger partial charge in [0, 0.05) is 0 Å². The molecule has 0 spiro atoms. The fourth-order valence-electron chi connectivity index (χ4n) is 0.971. The summed E-state index contributed by atoms with van der Waals surface area (Å²) in [6, 6.07) is 5.35. The molecular formula is C10H8BrClO2. The van der Waals surface area contributed by atoms with Crippen LogP contribution in [-0.4, -0.2) is 13.4 Å². The number of methoxy groups -OCH3 is 1. The molecule has 0 saturated carbocycles. The van der Waals surface area contributed by atoms with E-state index in [1.54, 1.807) is 25.3 Å². The Kier molecular flexibility index (Phi) is 4.17. The van der Waals surface area contributed by atoms with Crippen molar-refractivity contribution in [1.29, 1.82) is 0 Å². The Morgan fingerprint density at radius 2 is 2.29 bits per heavy atom. The van der Waals surface area contributed by atoms with E-state index in [9.17, 15) is 4.79 Å². The molecule has 14 heavy (non-hydrogen) atoms. The second-order valence-corrected chi connectivity index (χ2v) is 3.76. The average Bonchev–Trinajstić information content (AvgIpc) is 2.18. The predicted octanol–water partition coefficient (Wildman–Crippen LogP) is 3.24. The first-order valence-corrected chi connectivity index (χ1v) is 5.01. The second kappa shape index (κ2) is 5.17. The highest BCUT2D eigenvalue weighted by atomic mass is 79.9. The minimum absolute atomic E-state index is 0.406. The fourth-order valence-corrected chi connectivity index (χ4v) is 1.68. The van der Waals surface area contributed by atoms with Gasteiger partial charge in [0.2, 0.25) is 0 Å². The fraction of sp³-hybridized carbons (Fsp3) is 0.100. The summed E-state index contributed by atoms with van der Waals surface area (Å²) in [6.45, 7) is 0. The number of hydrogen-bond donors (Lipinski definition) is 0. The first kappa shape index (κ1) is 11.3. The summed E-state index contributed by atoms with van der Waals surface area (Å²) in [5.41, 5.74) is 0.770. The predicted molar refractivity (Wildman–Crippen MR) is 60.6 cm³/mol. The summed E-state index contributed by atoms with van der Waals surface area (Å²) in [5, 5.41) is 0.406. The highest BCUT2D eigenvalue weighted by Crippen LogP contribution is 2.29. The van der Waals surface area contributed by atoms with E-state index < -0.39 is 0 Å². The Bertz CT molecular complexity index is 374. The van der Waals surface area contributed by atoms with Crippen LogP contribution in [0.4, 0.5) is 0 Å². The number of hydrogen-bond acceptors (Lipinski definition) is 2. The molecule has 0 saturated heterocycles. The zero-order chi connectivity index (χ0) is 10.6. The van der Waals surface area contributed by atoms with E-state index in [-0.39, 0.29) is 0 Å². The van der Waals surface area contributed by atoms with Gasteiger partial charge in [-0.15, -0.1) is 0 Å². The molecule has 0 bridgehead atoms. The molecule has 0 amide bonds. The van der Waals surface area contributed by atoms with Crippen molar-refractivity contribution in [2.24, 2.45) is 0 Å². The quantitative estimate of drug-likeness (QED) is 0.625. The number of carbonyl (C=O) groups excluding carboxylic acids is 1. The molecule has 0 unspecified atom stereocenters. The molecule has 0 heterocycles. The van der Waals surface area contributed by atoms with Gasteiger partial charge in [0.05, 0.1) is 16.6 Å². The van der Waals surface area contributed by atoms with Crippen LogP contribution < -0.4 is 4.74 Å². The summed E-state index contributed by atoms with van der Waals surface area (Å²) >= 11 is 9.17. The minimum Gasteiger partial charge on any atom is -0.496 e. The molecule has 0 aliphatic heterocycles. The third kappa shape index (κ3) is 2.59. The number of aldehydes is 1. The second-order valence-electron chi connectivity index (χ2n) is 2.50. The van der Waals surface area contributed by atoms with Crippen LogP contribution in [0.15, 0.2) is 28.7 Å². The first-order chi connectivity index (χ1) is 6.69. The summed E-state index contributed by atoms with van der Waals surface area (Å²) < 4.78 is 5.86. The number of halogens is 2. The lowest BCUT2D eigenvalue weighted by Gasteiger charge is -2.04. The number of ether oxygens (including phenoxy) is 1. The highest BCUT2D eigenvalue weighted by Gasteiger charge is 2.03. The standard InChI is InChI=1S/C10H8BrClO2/c1-14-10-3-2-7(6-8(10)11)9(12)4-5-13/h2-6H,1H3/b9-4-. The molecule has 0 aliphatic carbocycles. The Labute approximate surface area is 95.6 Å². The zero-order valence-corrected chi connectivity index (χ0v) is 9.80. The van der Waals surface area contributed by atoms with Crippen LogP contribution in [0, 0.1) is 0 Å². The number of benzene rings is 1. The zero-order valence-electron chi connectivity index (χ0n) is 7.46. The van der Waals surface area contributed by atoms with Crippen molar-refractivity contribution in [2.75, 3.05) is 7.11 Å². The lowest BCUT2D eigenvalue weighted by atomic mass is 10.2. The third-order valence-corrected chi connectivity index (χ3v) is 2.61. The maximum atomic E-state index is 10.2. The van der Waals surface area contributed by atoms with Crippen LogP contribution in [0.1, 0.15) is 5.56 Å². The van der Waals surface area contributed by atoms with E-state index in [1.165, 1.54) is 6.08 Å². The lowest BCUT2D eigenvalue weighted by molar-refractivity contribution is -0.104. The summed E-state index contributed by atoms with van der Waals surface area (Å²) in [6.07, 6.45) is 1.95. The van der Waals surface area contributed by atoms with Crippen molar-refractivity contribution in [3.8, 4) is 5.75 Å². The van der Waals surface area contributed by atoms with Crippen molar-refractivity contribution < 1.29 is 9.53 Å². The Hall–Kier alpha value is -0.800. The van der Waals surface area contributed by atoms with Gasteiger partial charge in [-0.1, -0.05) is 11.6 Å². The SMILES string of the molecule is COc1ccc(/C(Cl)=C/C=O)cc1Br. The monoisotopic (exact) mass is 274 g/mol. The molecule has 1 aromatic carbocycles. The molecule has 2 nitrogen and oxygen atoms in total. The van der Waals surface area contributed by atoms with E-state index >= 15 is 0 Å². The third-order valence-electron chi connectivity index (χ3n) is 1.64. The maximum Gasteiger partial charge on any atom is 0.144 e. The number of rotatable bonds is 3. The first-order valence-electron chi connectivity index (χ1n) is 3.84. The van der Waals surface area contributed by atoms with Gasteiger partial charge < -0.3 is 4.74 Å². The normalized spacial score (nSPS) is 11.2. The molecular weight excluding hydrogens is 267 g/mol. The van der Waals surface area contributed by atoms with Crippen molar-refractivity contribution >= 4 is 38.8 Å². The highest BCUT2D eigenvalue weighted by molar-refractivity contribution is 9.10. The van der Waals surface area contributed by atoms with E-state index in [4.69, 9.17) is 16.3 Å². The lowest BCUT2D eigenvalue weighted by Crippen LogP contribution is -1.85. The number of allylic oxidation sites excluding steroid dienone is 1. The van der Waals surface area contributed by atoms with Gasteiger partial charge in [-0.25, -0.2) is 0 Å². The van der Waals surface area contributed by atoms with Gasteiger partial charge in [-0.05, 0) is 45.8 Å². The number of carbonyl (C=O) groups is 1. The van der Waals surface area contributed by atoms with Crippen molar-refractivity contribution in [1.82, 2.24) is 0 Å². The summed E-state index contributed by atoms with van der Waals surface area (Å²) in [7, 11) is 1.59. The molecule has 0 aromatic heterocycles. The van der Waals surface area contributed by atoms with Crippen LogP contribution >= 0.6 is 27.5 Å². The molecule has 0 fully saturated rings. The van der Waals surface area contributed by atoms with Crippen LogP contribution in [-0.2, 0) is 4.79 Å². The van der Waals surface area contributed by atoms with Gasteiger partial charge in [0.15, 0.2) is 0 Å². The summed E-state index contributed by atoms with van der Waals surface area (Å²) in [4.78, 5) is 10.2. The Balaban J connectivity index is 3.08. The molecule has 1 aromatic rings. The van der Waals surface area contributed by atoms with Crippen LogP contribution in [0.3, 0.4) is 0 Å². The van der Waals surface area contributed by atoms with Crippen LogP contribution in [0.2, 0.25) is 0 Å². The maximum absolute atomic E-state index is 10.2. The van der Waals surface area contributed by atoms with Gasteiger partial charge in [0.1, 0.15) is 12.0 Å². The summed E-state index contributed by atoms with van der Waals surface area (Å²) in [5.74, 6) is 0.726. The molecule has 1 rings (SSSR count). The van der Waals surface area contributed by atoms with Crippen LogP contribution in [0.25, 0.3) is 5.03 Å². The molecule has 0 aliphatic rings. The molecule has 74 valence electrons. The van der Waals surface area contributed by atoms with E-state index in [2.05, 4.69) is 15.9 Å². The Morgan fingerprint density at radius 3 is 2.79 bits per heavy atom. The Morgan fingerprint density at radius 1 is 1.57 bits per heavy atom. The molecule has 0 radical (unpaired) electrons. The van der Waals surface area contributed by atoms with Gasteiger partial charge in [0.25, 0.3) is 0 Å².